The molecule has 0 saturated carbocycles. The number of nitrogens with one attached hydrogen (secondary N) is 1. The highest BCUT2D eigenvalue weighted by atomic mass is 19.1. The summed E-state index contributed by atoms with van der Waals surface area (Å²) in [6.45, 7) is 4.29. The van der Waals surface area contributed by atoms with E-state index in [0.717, 1.165) is 6.42 Å². The molecule has 0 spiro atoms. The van der Waals surface area contributed by atoms with Gasteiger partial charge in [0, 0.05) is 24.4 Å². The second kappa shape index (κ2) is 6.27. The fourth-order valence-electron chi connectivity index (χ4n) is 1.68. The van der Waals surface area contributed by atoms with Gasteiger partial charge in [0.05, 0.1) is 12.8 Å². The van der Waals surface area contributed by atoms with E-state index in [4.69, 9.17) is 4.74 Å². The van der Waals surface area contributed by atoms with Crippen LogP contribution in [0.4, 0.5) is 10.2 Å². The van der Waals surface area contributed by atoms with Gasteiger partial charge in [0.25, 0.3) is 0 Å². The first-order chi connectivity index (χ1) is 9.65. The Morgan fingerprint density at radius 1 is 1.30 bits per heavy atom. The number of aryl methyl sites for hydroxylation is 1. The summed E-state index contributed by atoms with van der Waals surface area (Å²) in [5, 5.41) is 2.96. The molecule has 2 aromatic rings. The molecule has 0 saturated heterocycles. The van der Waals surface area contributed by atoms with Gasteiger partial charge in [-0.3, -0.25) is 0 Å². The fraction of sp³-hybridized carbons (Fsp3) is 0.357. The maximum atomic E-state index is 13.9. The van der Waals surface area contributed by atoms with E-state index in [1.165, 1.54) is 0 Å². The molecule has 0 aliphatic carbocycles. The van der Waals surface area contributed by atoms with Crippen molar-refractivity contribution in [2.45, 2.75) is 20.3 Å². The van der Waals surface area contributed by atoms with Crippen molar-refractivity contribution in [3.63, 3.8) is 0 Å². The van der Waals surface area contributed by atoms with Gasteiger partial charge in [-0.2, -0.15) is 0 Å². The number of hydrogen-bond acceptors (Lipinski definition) is 5. The van der Waals surface area contributed by atoms with Gasteiger partial charge in [0.15, 0.2) is 17.5 Å². The van der Waals surface area contributed by atoms with Crippen LogP contribution in [0.25, 0.3) is 11.4 Å². The van der Waals surface area contributed by atoms with Crippen molar-refractivity contribution in [2.75, 3.05) is 19.0 Å². The molecular weight excluding hydrogens is 259 g/mol. The maximum absolute atomic E-state index is 13.9. The van der Waals surface area contributed by atoms with Gasteiger partial charge in [-0.25, -0.2) is 19.3 Å². The van der Waals surface area contributed by atoms with Crippen LogP contribution in [0, 0.1) is 12.7 Å². The molecule has 1 N–H and O–H groups in total. The van der Waals surface area contributed by atoms with Crippen LogP contribution in [0.2, 0.25) is 0 Å². The summed E-state index contributed by atoms with van der Waals surface area (Å²) >= 11 is 0. The average molecular weight is 276 g/mol. The fourth-order valence-corrected chi connectivity index (χ4v) is 1.68. The van der Waals surface area contributed by atoms with E-state index in [2.05, 4.69) is 20.3 Å². The van der Waals surface area contributed by atoms with Crippen molar-refractivity contribution >= 4 is 5.82 Å². The lowest BCUT2D eigenvalue weighted by Gasteiger charge is -2.09. The summed E-state index contributed by atoms with van der Waals surface area (Å²) in [6, 6.07) is 3.51. The lowest BCUT2D eigenvalue weighted by atomic mass is 10.2. The molecular formula is C14H17FN4O. The van der Waals surface area contributed by atoms with Crippen molar-refractivity contribution in [1.82, 2.24) is 15.0 Å². The van der Waals surface area contributed by atoms with Crippen LogP contribution in [-0.2, 0) is 0 Å². The second-order valence-electron chi connectivity index (χ2n) is 4.31. The third-order valence-electron chi connectivity index (χ3n) is 2.76. The lowest BCUT2D eigenvalue weighted by Crippen LogP contribution is -2.08. The SMILES string of the molecule is CCCNc1nc(-c2ccc(OC)nc2)nc(C)c1F. The van der Waals surface area contributed by atoms with Gasteiger partial charge in [0.1, 0.15) is 0 Å². The van der Waals surface area contributed by atoms with Crippen molar-refractivity contribution in [3.8, 4) is 17.3 Å². The van der Waals surface area contributed by atoms with Crippen molar-refractivity contribution in [3.05, 3.63) is 29.8 Å². The van der Waals surface area contributed by atoms with Crippen LogP contribution < -0.4 is 10.1 Å². The normalized spacial score (nSPS) is 10.4. The molecule has 20 heavy (non-hydrogen) atoms. The highest BCUT2D eigenvalue weighted by Crippen LogP contribution is 2.21. The largest absolute Gasteiger partial charge is 0.481 e. The first-order valence-electron chi connectivity index (χ1n) is 6.44. The Labute approximate surface area is 117 Å². The Morgan fingerprint density at radius 2 is 2.10 bits per heavy atom. The Hall–Kier alpha value is -2.24. The summed E-state index contributed by atoms with van der Waals surface area (Å²) in [5.41, 5.74) is 1.03. The van der Waals surface area contributed by atoms with E-state index in [9.17, 15) is 4.39 Å². The first-order valence-corrected chi connectivity index (χ1v) is 6.44. The Balaban J connectivity index is 2.37. The van der Waals surface area contributed by atoms with E-state index < -0.39 is 5.82 Å². The molecule has 0 atom stereocenters. The van der Waals surface area contributed by atoms with Gasteiger partial charge in [-0.1, -0.05) is 6.92 Å². The number of aromatic nitrogens is 3. The molecule has 0 radical (unpaired) electrons. The quantitative estimate of drug-likeness (QED) is 0.910. The maximum Gasteiger partial charge on any atom is 0.212 e. The highest BCUT2D eigenvalue weighted by Gasteiger charge is 2.12. The van der Waals surface area contributed by atoms with E-state index in [0.29, 0.717) is 29.5 Å². The molecule has 2 aromatic heterocycles. The topological polar surface area (TPSA) is 59.9 Å². The summed E-state index contributed by atoms with van der Waals surface area (Å²) in [7, 11) is 1.55. The Bertz CT molecular complexity index is 586. The summed E-state index contributed by atoms with van der Waals surface area (Å²) in [4.78, 5) is 12.5. The van der Waals surface area contributed by atoms with E-state index in [-0.39, 0.29) is 5.82 Å². The molecule has 0 aromatic carbocycles. The number of nitrogens with zero attached hydrogens (tertiary/aromatic N) is 3. The highest BCUT2D eigenvalue weighted by molar-refractivity contribution is 5.57. The second-order valence-corrected chi connectivity index (χ2v) is 4.31. The van der Waals surface area contributed by atoms with Gasteiger partial charge < -0.3 is 10.1 Å². The molecule has 0 aliphatic heterocycles. The molecule has 0 bridgehead atoms. The zero-order valence-corrected chi connectivity index (χ0v) is 11.8. The molecule has 0 unspecified atom stereocenters. The van der Waals surface area contributed by atoms with E-state index >= 15 is 0 Å². The third kappa shape index (κ3) is 3.01. The monoisotopic (exact) mass is 276 g/mol. The molecule has 2 rings (SSSR count). The number of halogens is 1. The zero-order chi connectivity index (χ0) is 14.5. The smallest absolute Gasteiger partial charge is 0.212 e. The van der Waals surface area contributed by atoms with Crippen LogP contribution in [0.1, 0.15) is 19.0 Å². The first kappa shape index (κ1) is 14.2. The molecule has 6 heteroatoms. The lowest BCUT2D eigenvalue weighted by molar-refractivity contribution is 0.398. The molecule has 0 fully saturated rings. The summed E-state index contributed by atoms with van der Waals surface area (Å²) in [5.74, 6) is 0.767. The Morgan fingerprint density at radius 3 is 2.70 bits per heavy atom. The number of rotatable bonds is 5. The van der Waals surface area contributed by atoms with Crippen LogP contribution in [0.3, 0.4) is 0 Å². The number of methoxy groups -OCH3 is 1. The van der Waals surface area contributed by atoms with Crippen LogP contribution in [0.5, 0.6) is 5.88 Å². The predicted octanol–water partition coefficient (Wildman–Crippen LogP) is 2.82. The standard InChI is InChI=1S/C14H17FN4O/c1-4-7-16-14-12(15)9(2)18-13(19-14)10-5-6-11(20-3)17-8-10/h5-6,8H,4,7H2,1-3H3,(H,16,18,19). The predicted molar refractivity (Wildman–Crippen MR) is 75.3 cm³/mol. The minimum atomic E-state index is -0.413. The number of hydrogen-bond donors (Lipinski definition) is 1. The molecule has 0 amide bonds. The van der Waals surface area contributed by atoms with Crippen LogP contribution >= 0.6 is 0 Å². The molecule has 0 aliphatic rings. The number of ether oxygens (including phenoxy) is 1. The van der Waals surface area contributed by atoms with E-state index in [1.807, 2.05) is 6.92 Å². The van der Waals surface area contributed by atoms with Crippen molar-refractivity contribution < 1.29 is 9.13 Å². The molecule has 2 heterocycles. The van der Waals surface area contributed by atoms with Gasteiger partial charge in [-0.05, 0) is 19.4 Å². The van der Waals surface area contributed by atoms with E-state index in [1.54, 1.807) is 32.4 Å². The number of pyridine rings is 1. The van der Waals surface area contributed by atoms with Gasteiger partial charge in [0.2, 0.25) is 5.88 Å². The average Bonchev–Trinajstić information content (AvgIpc) is 2.48. The molecule has 106 valence electrons. The number of anilines is 1. The van der Waals surface area contributed by atoms with Crippen LogP contribution in [-0.4, -0.2) is 28.6 Å². The summed E-state index contributed by atoms with van der Waals surface area (Å²) in [6.07, 6.45) is 2.50. The Kier molecular flexibility index (Phi) is 4.45. The van der Waals surface area contributed by atoms with Crippen LogP contribution in [0.15, 0.2) is 18.3 Å². The summed E-state index contributed by atoms with van der Waals surface area (Å²) < 4.78 is 18.9. The minimum Gasteiger partial charge on any atom is -0.481 e. The van der Waals surface area contributed by atoms with Gasteiger partial charge >= 0.3 is 0 Å². The van der Waals surface area contributed by atoms with Gasteiger partial charge in [-0.15, -0.1) is 0 Å². The van der Waals surface area contributed by atoms with Crippen molar-refractivity contribution in [2.24, 2.45) is 0 Å². The molecule has 5 nitrogen and oxygen atoms in total. The third-order valence-corrected chi connectivity index (χ3v) is 2.76. The van der Waals surface area contributed by atoms with Crippen molar-refractivity contribution in [1.29, 1.82) is 0 Å². The minimum absolute atomic E-state index is 0.227. The zero-order valence-electron chi connectivity index (χ0n) is 11.8.